The van der Waals surface area contributed by atoms with Crippen LogP contribution in [0.4, 0.5) is 11.4 Å². The highest BCUT2D eigenvalue weighted by Gasteiger charge is 2.54. The third-order valence-corrected chi connectivity index (χ3v) is 9.25. The average Bonchev–Trinajstić information content (AvgIpc) is 3.48. The van der Waals surface area contributed by atoms with Crippen LogP contribution in [0.15, 0.2) is 60.7 Å². The summed E-state index contributed by atoms with van der Waals surface area (Å²) in [6, 6.07) is 19.2. The first kappa shape index (κ1) is 31.1. The fourth-order valence-corrected chi connectivity index (χ4v) is 7.60. The normalized spacial score (nSPS) is 22.6. The lowest BCUT2D eigenvalue weighted by Crippen LogP contribution is -2.51. The van der Waals surface area contributed by atoms with Crippen LogP contribution in [0.5, 0.6) is 11.5 Å². The van der Waals surface area contributed by atoms with Gasteiger partial charge >= 0.3 is 0 Å². The van der Waals surface area contributed by atoms with Gasteiger partial charge in [0, 0.05) is 36.7 Å². The van der Waals surface area contributed by atoms with Gasteiger partial charge in [-0.1, -0.05) is 0 Å². The van der Waals surface area contributed by atoms with Crippen LogP contribution in [-0.4, -0.2) is 55.6 Å². The van der Waals surface area contributed by atoms with E-state index >= 15 is 0 Å². The van der Waals surface area contributed by atoms with E-state index in [9.17, 15) is 9.59 Å². The van der Waals surface area contributed by atoms with Crippen molar-refractivity contribution in [1.82, 2.24) is 9.97 Å². The quantitative estimate of drug-likeness (QED) is 0.178. The Labute approximate surface area is 258 Å². The number of aliphatic hydroxyl groups is 1. The lowest BCUT2D eigenvalue weighted by Gasteiger charge is -2.55. The smallest absolute Gasteiger partial charge is 0.230 e. The fraction of sp³-hybridized carbons (Fsp3) is 0.400. The van der Waals surface area contributed by atoms with Crippen LogP contribution in [0.2, 0.25) is 0 Å². The number of amides is 1. The number of hydrogen-bond donors (Lipinski definition) is 4. The van der Waals surface area contributed by atoms with Crippen LogP contribution in [0.25, 0.3) is 22.4 Å². The van der Waals surface area contributed by atoms with E-state index in [0.717, 1.165) is 84.2 Å². The highest BCUT2D eigenvalue weighted by molar-refractivity contribution is 5.97. The maximum Gasteiger partial charge on any atom is 0.230 e. The second kappa shape index (κ2) is 13.5. The minimum absolute atomic E-state index is 0.127. The van der Waals surface area contributed by atoms with Crippen molar-refractivity contribution in [2.75, 3.05) is 39.0 Å². The number of nitrogens with one attached hydrogen (secondary N) is 3. The maximum atomic E-state index is 13.3. The van der Waals surface area contributed by atoms with E-state index < -0.39 is 0 Å². The number of anilines is 2. The number of aromatic amines is 1. The molecule has 8 rings (SSSR count). The zero-order valence-corrected chi connectivity index (χ0v) is 25.9. The molecule has 4 N–H and O–H groups in total. The molecule has 1 heterocycles. The van der Waals surface area contributed by atoms with Gasteiger partial charge in [-0.3, -0.25) is 9.59 Å². The number of aromatic nitrogens is 2. The lowest BCUT2D eigenvalue weighted by atomic mass is 9.49. The number of fused-ring (bicyclic) bond motifs is 1. The third kappa shape index (κ3) is 6.43. The summed E-state index contributed by atoms with van der Waals surface area (Å²) >= 11 is 0. The van der Waals surface area contributed by atoms with Gasteiger partial charge in [-0.2, -0.15) is 0 Å². The van der Waals surface area contributed by atoms with E-state index in [0.29, 0.717) is 17.1 Å². The van der Waals surface area contributed by atoms with Crippen molar-refractivity contribution in [1.29, 1.82) is 0 Å². The predicted octanol–water partition coefficient (Wildman–Crippen LogP) is 6.55. The van der Waals surface area contributed by atoms with Crippen LogP contribution in [0, 0.1) is 23.2 Å². The maximum absolute atomic E-state index is 13.3. The first-order valence-corrected chi connectivity index (χ1v) is 15.1. The van der Waals surface area contributed by atoms with Crippen LogP contribution >= 0.6 is 0 Å². The largest absolute Gasteiger partial charge is 0.493 e. The Morgan fingerprint density at radius 2 is 1.50 bits per heavy atom. The Hall–Kier alpha value is -4.37. The molecule has 0 radical (unpaired) electrons. The van der Waals surface area contributed by atoms with Gasteiger partial charge in [0.15, 0.2) is 11.5 Å². The van der Waals surface area contributed by atoms with Gasteiger partial charge in [0.05, 0.1) is 30.7 Å². The van der Waals surface area contributed by atoms with Crippen molar-refractivity contribution < 1.29 is 24.2 Å². The number of carbonyl (C=O) groups is 2. The molecule has 0 saturated heterocycles. The molecule has 0 aliphatic heterocycles. The number of rotatable bonds is 7. The Morgan fingerprint density at radius 3 is 2.07 bits per heavy atom. The summed E-state index contributed by atoms with van der Waals surface area (Å²) in [5, 5.41) is 13.4. The first-order valence-electron chi connectivity index (χ1n) is 15.1. The molecule has 0 unspecified atom stereocenters. The number of hydrogen-bond acceptors (Lipinski definition) is 7. The molecular weight excluding hydrogens is 556 g/mol. The molecule has 9 nitrogen and oxygen atoms in total. The average molecular weight is 599 g/mol. The van der Waals surface area contributed by atoms with Crippen molar-refractivity contribution in [3.63, 3.8) is 0 Å². The summed E-state index contributed by atoms with van der Waals surface area (Å²) in [6.07, 6.45) is 8.08. The zero-order chi connectivity index (χ0) is 31.3. The second-order valence-corrected chi connectivity index (χ2v) is 12.0. The first-order chi connectivity index (χ1) is 21.4. The van der Waals surface area contributed by atoms with Crippen LogP contribution in [-0.2, 0) is 4.79 Å². The molecule has 4 aliphatic carbocycles. The van der Waals surface area contributed by atoms with Crippen LogP contribution in [0.1, 0.15) is 48.9 Å². The monoisotopic (exact) mass is 598 g/mol. The minimum Gasteiger partial charge on any atom is -0.493 e. The van der Waals surface area contributed by atoms with Gasteiger partial charge in [-0.05, 0) is 117 Å². The van der Waals surface area contributed by atoms with E-state index in [1.54, 1.807) is 25.3 Å². The molecule has 1 amide bonds. The predicted molar refractivity (Wildman–Crippen MR) is 173 cm³/mol. The Morgan fingerprint density at radius 1 is 0.886 bits per heavy atom. The van der Waals surface area contributed by atoms with Gasteiger partial charge in [0.1, 0.15) is 12.1 Å². The standard InChI is InChI=1S/C25H28N4O.C9H10O3.CH4O/c1-26-19-4-2-18(3-5-19)23-28-21-7-6-20(11-22(21)29-23)27-24(30)25-12-15-8-16(13-25)10-17(9-15)14-25;1-11-8-4-3-7(6-10)5-9(8)12-2;1-2/h2-7,11,15-17,26H,8-10,12-14H2,1H3,(H,27,30)(H,28,29);3-6H,1-2H3;2H,1H3. The van der Waals surface area contributed by atoms with Crippen molar-refractivity contribution >= 4 is 34.6 Å². The number of aldehydes is 1. The van der Waals surface area contributed by atoms with E-state index in [1.165, 1.54) is 26.4 Å². The number of ether oxygens (including phenoxy) is 2. The Balaban J connectivity index is 0.000000232. The number of carbonyl (C=O) groups excluding carboxylic acids is 2. The topological polar surface area (TPSA) is 126 Å². The fourth-order valence-electron chi connectivity index (χ4n) is 7.60. The minimum atomic E-state index is -0.127. The van der Waals surface area contributed by atoms with Crippen molar-refractivity contribution in [3.05, 3.63) is 66.2 Å². The van der Waals surface area contributed by atoms with Gasteiger partial charge in [-0.25, -0.2) is 4.98 Å². The second-order valence-electron chi connectivity index (χ2n) is 12.0. The van der Waals surface area contributed by atoms with E-state index in [4.69, 9.17) is 19.6 Å². The summed E-state index contributed by atoms with van der Waals surface area (Å²) in [5.41, 5.74) is 5.30. The van der Waals surface area contributed by atoms with E-state index in [-0.39, 0.29) is 11.3 Å². The SMILES string of the molecule is CNc1ccc(-c2nc3ccc(NC(=O)C45CC6CC(CC(C6)C4)C5)cc3[nH]2)cc1.CO.COc1ccc(C=O)cc1OC. The molecule has 3 aromatic carbocycles. The van der Waals surface area contributed by atoms with Gasteiger partial charge < -0.3 is 30.2 Å². The van der Waals surface area contributed by atoms with Crippen molar-refractivity contribution in [2.45, 2.75) is 38.5 Å². The molecule has 4 bridgehead atoms. The third-order valence-electron chi connectivity index (χ3n) is 9.25. The Kier molecular flexibility index (Phi) is 9.54. The number of imidazole rings is 1. The molecule has 0 atom stereocenters. The zero-order valence-electron chi connectivity index (χ0n) is 25.9. The van der Waals surface area contributed by atoms with Gasteiger partial charge in [-0.15, -0.1) is 0 Å². The van der Waals surface area contributed by atoms with Crippen molar-refractivity contribution in [3.8, 4) is 22.9 Å². The molecule has 4 saturated carbocycles. The molecule has 9 heteroatoms. The molecule has 4 fully saturated rings. The highest BCUT2D eigenvalue weighted by Crippen LogP contribution is 2.60. The summed E-state index contributed by atoms with van der Waals surface area (Å²) in [7, 11) is 6.00. The molecule has 232 valence electrons. The van der Waals surface area contributed by atoms with E-state index in [2.05, 4.69) is 27.8 Å². The lowest BCUT2D eigenvalue weighted by molar-refractivity contribution is -0.140. The van der Waals surface area contributed by atoms with Crippen LogP contribution in [0.3, 0.4) is 0 Å². The van der Waals surface area contributed by atoms with Crippen molar-refractivity contribution in [2.24, 2.45) is 23.2 Å². The molecule has 44 heavy (non-hydrogen) atoms. The van der Waals surface area contributed by atoms with E-state index in [1.807, 2.05) is 37.4 Å². The Bertz CT molecular complexity index is 1560. The molecule has 4 aromatic rings. The summed E-state index contributed by atoms with van der Waals surface area (Å²) in [6.45, 7) is 0. The molecule has 1 aromatic heterocycles. The summed E-state index contributed by atoms with van der Waals surface area (Å²) in [5.74, 6) is 4.60. The van der Waals surface area contributed by atoms with Gasteiger partial charge in [0.25, 0.3) is 0 Å². The highest BCUT2D eigenvalue weighted by atomic mass is 16.5. The number of aliphatic hydroxyl groups excluding tert-OH is 1. The molecule has 4 aliphatic rings. The van der Waals surface area contributed by atoms with Gasteiger partial charge in [0.2, 0.25) is 5.91 Å². The molecular formula is C35H42N4O5. The summed E-state index contributed by atoms with van der Waals surface area (Å²) < 4.78 is 9.99. The number of benzene rings is 3. The number of H-pyrrole nitrogens is 1. The summed E-state index contributed by atoms with van der Waals surface area (Å²) in [4.78, 5) is 31.9. The molecule has 0 spiro atoms. The number of methoxy groups -OCH3 is 2. The van der Waals surface area contributed by atoms with Crippen LogP contribution < -0.4 is 20.1 Å². The number of nitrogens with zero attached hydrogens (tertiary/aromatic N) is 1.